The molecule has 12 heavy (non-hydrogen) atoms. The van der Waals surface area contributed by atoms with Gasteiger partial charge in [-0.25, -0.2) is 0 Å². The first kappa shape index (κ1) is 8.24. The van der Waals surface area contributed by atoms with Crippen LogP contribution in [-0.2, 0) is 9.53 Å². The summed E-state index contributed by atoms with van der Waals surface area (Å²) in [5.41, 5.74) is 0.282. The van der Waals surface area contributed by atoms with Crippen LogP contribution < -0.4 is 0 Å². The van der Waals surface area contributed by atoms with E-state index in [1.54, 1.807) is 0 Å². The Morgan fingerprint density at radius 2 is 1.75 bits per heavy atom. The maximum atomic E-state index is 11.0. The van der Waals surface area contributed by atoms with Gasteiger partial charge in [0, 0.05) is 18.6 Å². The average Bonchev–Trinajstić information content (AvgIpc) is 2.86. The van der Waals surface area contributed by atoms with Gasteiger partial charge in [-0.15, -0.1) is 0 Å². The first-order chi connectivity index (χ1) is 5.72. The van der Waals surface area contributed by atoms with E-state index in [4.69, 9.17) is 4.74 Å². The molecule has 2 heteroatoms. The highest BCUT2D eigenvalue weighted by Crippen LogP contribution is 2.60. The molecule has 0 amide bonds. The van der Waals surface area contributed by atoms with Crippen molar-refractivity contribution in [3.8, 4) is 0 Å². The van der Waals surface area contributed by atoms with Crippen molar-refractivity contribution in [3.63, 3.8) is 0 Å². The number of carbonyl (C=O) groups is 1. The van der Waals surface area contributed by atoms with Crippen molar-refractivity contribution in [3.05, 3.63) is 0 Å². The van der Waals surface area contributed by atoms with Gasteiger partial charge in [0.05, 0.1) is 0 Å². The predicted molar refractivity (Wildman–Crippen MR) is 45.9 cm³/mol. The molecule has 2 aliphatic rings. The molecule has 68 valence electrons. The second kappa shape index (κ2) is 2.56. The lowest BCUT2D eigenvalue weighted by Gasteiger charge is -2.38. The second-order valence-electron chi connectivity index (χ2n) is 4.45. The van der Waals surface area contributed by atoms with Gasteiger partial charge >= 0.3 is 0 Å². The minimum atomic E-state index is 0.0385. The Bertz CT molecular complexity index is 188. The summed E-state index contributed by atoms with van der Waals surface area (Å²) >= 11 is 0. The third-order valence-corrected chi connectivity index (χ3v) is 3.81. The quantitative estimate of drug-likeness (QED) is 0.587. The number of rotatable bonds is 2. The van der Waals surface area contributed by atoms with Gasteiger partial charge in [-0.3, -0.25) is 0 Å². The fourth-order valence-electron chi connectivity index (χ4n) is 2.32. The summed E-state index contributed by atoms with van der Waals surface area (Å²) in [4.78, 5) is 11.0. The summed E-state index contributed by atoms with van der Waals surface area (Å²) in [7, 11) is 0. The Kier molecular flexibility index (Phi) is 1.76. The first-order valence-electron chi connectivity index (χ1n) is 4.77. The van der Waals surface area contributed by atoms with Gasteiger partial charge in [0.1, 0.15) is 6.29 Å². The van der Waals surface area contributed by atoms with E-state index < -0.39 is 0 Å². The highest BCUT2D eigenvalue weighted by molar-refractivity contribution is 5.65. The number of ether oxygens (including phenoxy) is 1. The molecule has 0 radical (unpaired) electrons. The molecule has 1 saturated heterocycles. The molecule has 0 unspecified atom stereocenters. The predicted octanol–water partition coefficient (Wildman–Crippen LogP) is 1.78. The standard InChI is InChI=1S/C10H16O2/c1-9(4-6-12-7-5-9)10(8-11)2-3-10/h8H,2-7H2,1H3. The monoisotopic (exact) mass is 168 g/mol. The van der Waals surface area contributed by atoms with E-state index in [9.17, 15) is 4.79 Å². The van der Waals surface area contributed by atoms with Gasteiger partial charge in [-0.1, -0.05) is 6.92 Å². The van der Waals surface area contributed by atoms with Crippen LogP contribution in [0.4, 0.5) is 0 Å². The Balaban J connectivity index is 2.13. The normalized spacial score (nSPS) is 31.1. The van der Waals surface area contributed by atoms with Crippen LogP contribution in [0.1, 0.15) is 32.6 Å². The summed E-state index contributed by atoms with van der Waals surface area (Å²) < 4.78 is 5.32. The fourth-order valence-corrected chi connectivity index (χ4v) is 2.32. The SMILES string of the molecule is CC1(C2(C=O)CC2)CCOCC1. The smallest absolute Gasteiger partial charge is 0.126 e. The summed E-state index contributed by atoms with van der Waals surface area (Å²) in [6, 6.07) is 0. The van der Waals surface area contributed by atoms with Crippen LogP contribution >= 0.6 is 0 Å². The summed E-state index contributed by atoms with van der Waals surface area (Å²) in [5, 5.41) is 0. The van der Waals surface area contributed by atoms with Gasteiger partial charge in [0.25, 0.3) is 0 Å². The molecular formula is C10H16O2. The molecule has 1 heterocycles. The van der Waals surface area contributed by atoms with Crippen LogP contribution in [-0.4, -0.2) is 19.5 Å². The van der Waals surface area contributed by atoms with Crippen molar-refractivity contribution in [2.45, 2.75) is 32.6 Å². The van der Waals surface area contributed by atoms with Gasteiger partial charge < -0.3 is 9.53 Å². The number of carbonyl (C=O) groups excluding carboxylic acids is 1. The van der Waals surface area contributed by atoms with E-state index in [1.807, 2.05) is 0 Å². The molecule has 0 aromatic heterocycles. The minimum Gasteiger partial charge on any atom is -0.381 e. The summed E-state index contributed by atoms with van der Waals surface area (Å²) in [6.45, 7) is 3.93. The Morgan fingerprint density at radius 1 is 1.17 bits per heavy atom. The molecule has 0 atom stereocenters. The Hall–Kier alpha value is -0.370. The molecule has 2 rings (SSSR count). The molecule has 0 spiro atoms. The summed E-state index contributed by atoms with van der Waals surface area (Å²) in [6.07, 6.45) is 5.52. The van der Waals surface area contributed by atoms with Gasteiger partial charge in [0.2, 0.25) is 0 Å². The van der Waals surface area contributed by atoms with Gasteiger partial charge in [-0.2, -0.15) is 0 Å². The number of hydrogen-bond acceptors (Lipinski definition) is 2. The molecule has 1 aliphatic carbocycles. The van der Waals surface area contributed by atoms with E-state index in [0.29, 0.717) is 0 Å². The number of aldehydes is 1. The molecule has 2 nitrogen and oxygen atoms in total. The zero-order valence-electron chi connectivity index (χ0n) is 7.64. The van der Waals surface area contributed by atoms with Crippen molar-refractivity contribution in [2.24, 2.45) is 10.8 Å². The van der Waals surface area contributed by atoms with E-state index in [-0.39, 0.29) is 10.8 Å². The average molecular weight is 168 g/mol. The van der Waals surface area contributed by atoms with Gasteiger partial charge in [0.15, 0.2) is 0 Å². The zero-order chi connectivity index (χ0) is 8.66. The largest absolute Gasteiger partial charge is 0.381 e. The fraction of sp³-hybridized carbons (Fsp3) is 0.900. The number of hydrogen-bond donors (Lipinski definition) is 0. The zero-order valence-corrected chi connectivity index (χ0v) is 7.64. The molecular weight excluding hydrogens is 152 g/mol. The third-order valence-electron chi connectivity index (χ3n) is 3.81. The Labute approximate surface area is 73.3 Å². The van der Waals surface area contributed by atoms with Crippen LogP contribution in [0, 0.1) is 10.8 Å². The van der Waals surface area contributed by atoms with Crippen LogP contribution in [0.3, 0.4) is 0 Å². The molecule has 1 saturated carbocycles. The summed E-state index contributed by atoms with van der Waals surface area (Å²) in [5.74, 6) is 0. The molecule has 0 aromatic carbocycles. The lowest BCUT2D eigenvalue weighted by Crippen LogP contribution is -2.36. The maximum Gasteiger partial charge on any atom is 0.126 e. The highest BCUT2D eigenvalue weighted by atomic mass is 16.5. The van der Waals surface area contributed by atoms with E-state index in [2.05, 4.69) is 6.92 Å². The van der Waals surface area contributed by atoms with Crippen molar-refractivity contribution in [2.75, 3.05) is 13.2 Å². The molecule has 0 bridgehead atoms. The Morgan fingerprint density at radius 3 is 2.17 bits per heavy atom. The van der Waals surface area contributed by atoms with E-state index in [0.717, 1.165) is 38.9 Å². The molecule has 1 aliphatic heterocycles. The molecule has 0 N–H and O–H groups in total. The van der Waals surface area contributed by atoms with Crippen LogP contribution in [0.25, 0.3) is 0 Å². The lowest BCUT2D eigenvalue weighted by molar-refractivity contribution is -0.119. The molecule has 2 fully saturated rings. The van der Waals surface area contributed by atoms with Crippen molar-refractivity contribution in [1.82, 2.24) is 0 Å². The highest BCUT2D eigenvalue weighted by Gasteiger charge is 2.56. The van der Waals surface area contributed by atoms with Crippen molar-refractivity contribution < 1.29 is 9.53 Å². The van der Waals surface area contributed by atoms with Gasteiger partial charge in [-0.05, 0) is 31.1 Å². The lowest BCUT2D eigenvalue weighted by atomic mass is 9.69. The van der Waals surface area contributed by atoms with E-state index in [1.165, 1.54) is 6.29 Å². The topological polar surface area (TPSA) is 26.3 Å². The van der Waals surface area contributed by atoms with E-state index >= 15 is 0 Å². The first-order valence-corrected chi connectivity index (χ1v) is 4.77. The minimum absolute atomic E-state index is 0.0385. The van der Waals surface area contributed by atoms with Crippen LogP contribution in [0.5, 0.6) is 0 Å². The third kappa shape index (κ3) is 1.01. The van der Waals surface area contributed by atoms with Crippen molar-refractivity contribution >= 4 is 6.29 Å². The molecule has 0 aromatic rings. The maximum absolute atomic E-state index is 11.0. The van der Waals surface area contributed by atoms with Crippen LogP contribution in [0.2, 0.25) is 0 Å². The van der Waals surface area contributed by atoms with Crippen molar-refractivity contribution in [1.29, 1.82) is 0 Å². The second-order valence-corrected chi connectivity index (χ2v) is 4.45. The van der Waals surface area contributed by atoms with Crippen LogP contribution in [0.15, 0.2) is 0 Å².